The minimum Gasteiger partial charge on any atom is -0.550 e. The molecule has 0 aliphatic rings. The third-order valence-electron chi connectivity index (χ3n) is 5.51. The van der Waals surface area contributed by atoms with Crippen molar-refractivity contribution in [2.45, 2.75) is 84.0 Å². The molecule has 0 aliphatic heterocycles. The third kappa shape index (κ3) is 15.7. The summed E-state index contributed by atoms with van der Waals surface area (Å²) in [5.41, 5.74) is 1.55. The fraction of sp³-hybridized carbons (Fsp3) is 0.536. The molecule has 2 aromatic carbocycles. The number of carbonyl (C=O) groups excluding carboxylic acids is 1. The van der Waals surface area contributed by atoms with Gasteiger partial charge in [0, 0.05) is 5.97 Å². The number of carboxylic acids is 1. The number of rotatable bonds is 19. The van der Waals surface area contributed by atoms with Crippen LogP contribution < -0.4 is 44.1 Å². The molecule has 7 heteroatoms. The molecule has 0 saturated carbocycles. The number of hydrogen-bond donors (Lipinski definition) is 0. The Hall–Kier alpha value is -1.89. The number of nitrogens with zero attached hydrogens (tertiary/aromatic N) is 2. The monoisotopic (exact) mass is 490 g/mol. The van der Waals surface area contributed by atoms with Crippen LogP contribution in [0.2, 0.25) is 0 Å². The van der Waals surface area contributed by atoms with Crippen molar-refractivity contribution in [3.63, 3.8) is 0 Å². The Morgan fingerprint density at radius 2 is 1.06 bits per heavy atom. The number of unbranched alkanes of at least 4 members (excludes halogenated alkanes) is 9. The second-order valence-corrected chi connectivity index (χ2v) is 8.54. The molecule has 0 aromatic heterocycles. The van der Waals surface area contributed by atoms with Gasteiger partial charge in [0.05, 0.1) is 24.6 Å². The van der Waals surface area contributed by atoms with E-state index in [-0.39, 0.29) is 36.0 Å². The second kappa shape index (κ2) is 20.3. The molecule has 0 amide bonds. The van der Waals surface area contributed by atoms with Gasteiger partial charge in [0.1, 0.15) is 11.5 Å². The van der Waals surface area contributed by atoms with E-state index >= 15 is 0 Å². The molecule has 2 aromatic rings. The first-order chi connectivity index (χ1) is 16.7. The molecule has 0 aliphatic carbocycles. The van der Waals surface area contributed by atoms with E-state index in [1.165, 1.54) is 32.1 Å². The molecule has 0 heterocycles. The second-order valence-electron chi connectivity index (χ2n) is 8.54. The van der Waals surface area contributed by atoms with Crippen LogP contribution in [0.4, 0.5) is 11.4 Å². The smallest absolute Gasteiger partial charge is 0.550 e. The molecule has 186 valence electrons. The van der Waals surface area contributed by atoms with Gasteiger partial charge in [-0.05, 0) is 74.2 Å². The maximum absolute atomic E-state index is 10.4. The first-order valence-corrected chi connectivity index (χ1v) is 12.7. The van der Waals surface area contributed by atoms with Gasteiger partial charge in [-0.3, -0.25) is 0 Å². The predicted molar refractivity (Wildman–Crippen MR) is 134 cm³/mol. The molecular weight excluding hydrogens is 451 g/mol. The molecule has 35 heavy (non-hydrogen) atoms. The van der Waals surface area contributed by atoms with Crippen LogP contribution in [0.1, 0.15) is 84.0 Å². The molecule has 6 nitrogen and oxygen atoms in total. The summed E-state index contributed by atoms with van der Waals surface area (Å²) >= 11 is 0. The van der Waals surface area contributed by atoms with Crippen LogP contribution >= 0.6 is 0 Å². The van der Waals surface area contributed by atoms with E-state index in [0.29, 0.717) is 13.0 Å². The minimum absolute atomic E-state index is 0. The van der Waals surface area contributed by atoms with E-state index in [9.17, 15) is 9.90 Å². The van der Waals surface area contributed by atoms with Crippen LogP contribution in [0, 0.1) is 0 Å². The van der Waals surface area contributed by atoms with Crippen molar-refractivity contribution in [2.24, 2.45) is 10.2 Å². The molecule has 0 N–H and O–H groups in total. The van der Waals surface area contributed by atoms with Gasteiger partial charge in [-0.15, -0.1) is 0 Å². The summed E-state index contributed by atoms with van der Waals surface area (Å²) in [6.45, 7) is 3.64. The van der Waals surface area contributed by atoms with E-state index in [0.717, 1.165) is 61.6 Å². The van der Waals surface area contributed by atoms with Gasteiger partial charge in [0.15, 0.2) is 0 Å². The number of azo groups is 1. The topological polar surface area (TPSA) is 83.3 Å². The zero-order valence-electron chi connectivity index (χ0n) is 21.5. The van der Waals surface area contributed by atoms with Gasteiger partial charge in [-0.2, -0.15) is 10.2 Å². The summed E-state index contributed by atoms with van der Waals surface area (Å²) in [5, 5.41) is 18.9. The average molecular weight is 491 g/mol. The predicted octanol–water partition coefficient (Wildman–Crippen LogP) is 4.31. The van der Waals surface area contributed by atoms with Gasteiger partial charge in [-0.25, -0.2) is 0 Å². The summed E-state index contributed by atoms with van der Waals surface area (Å²) in [6, 6.07) is 15.3. The zero-order valence-corrected chi connectivity index (χ0v) is 23.5. The molecule has 0 radical (unpaired) electrons. The van der Waals surface area contributed by atoms with Crippen LogP contribution in [-0.4, -0.2) is 19.2 Å². The molecule has 2 rings (SSSR count). The molecular formula is C28H39N2NaO4. The summed E-state index contributed by atoms with van der Waals surface area (Å²) in [6.07, 6.45) is 12.3. The number of ether oxygens (including phenoxy) is 2. The van der Waals surface area contributed by atoms with Crippen molar-refractivity contribution in [3.8, 4) is 11.5 Å². The van der Waals surface area contributed by atoms with Crippen LogP contribution in [0.25, 0.3) is 0 Å². The van der Waals surface area contributed by atoms with E-state index in [1.54, 1.807) is 0 Å². The Morgan fingerprint density at radius 3 is 1.49 bits per heavy atom. The number of hydrogen-bond acceptors (Lipinski definition) is 6. The molecule has 0 unspecified atom stereocenters. The van der Waals surface area contributed by atoms with Gasteiger partial charge >= 0.3 is 29.6 Å². The summed E-state index contributed by atoms with van der Waals surface area (Å²) in [4.78, 5) is 10.4. The standard InChI is InChI=1S/C28H40N2O4.Na/c1-2-3-4-5-8-11-22-33-26-18-14-24(15-19-26)29-30-25-16-20-27(21-17-25)34-23-12-9-6-7-10-13-28(31)32;/h14-21H,2-13,22-23H2,1H3,(H,31,32);/q;+1/p-1. The third-order valence-corrected chi connectivity index (χ3v) is 5.51. The maximum atomic E-state index is 10.4. The van der Waals surface area contributed by atoms with Gasteiger partial charge < -0.3 is 19.4 Å². The van der Waals surface area contributed by atoms with Crippen molar-refractivity contribution < 1.29 is 48.9 Å². The minimum atomic E-state index is -0.965. The Morgan fingerprint density at radius 1 is 0.657 bits per heavy atom. The summed E-state index contributed by atoms with van der Waals surface area (Å²) < 4.78 is 11.6. The van der Waals surface area contributed by atoms with Gasteiger partial charge in [0.25, 0.3) is 0 Å². The Balaban J connectivity index is 0.00000612. The fourth-order valence-corrected chi connectivity index (χ4v) is 3.50. The number of aliphatic carboxylic acids is 1. The van der Waals surface area contributed by atoms with Crippen molar-refractivity contribution in [3.05, 3.63) is 48.5 Å². The number of carbonyl (C=O) groups is 1. The van der Waals surface area contributed by atoms with Crippen LogP contribution in [0.3, 0.4) is 0 Å². The molecule has 0 bridgehead atoms. The van der Waals surface area contributed by atoms with Crippen molar-refractivity contribution in [1.29, 1.82) is 0 Å². The average Bonchev–Trinajstić information content (AvgIpc) is 2.85. The first kappa shape index (κ1) is 31.1. The fourth-order valence-electron chi connectivity index (χ4n) is 3.50. The van der Waals surface area contributed by atoms with Crippen molar-refractivity contribution in [2.75, 3.05) is 13.2 Å². The Kier molecular flexibility index (Phi) is 18.1. The quantitative estimate of drug-likeness (QED) is 0.167. The maximum Gasteiger partial charge on any atom is 1.00 e. The Labute approximate surface area is 232 Å². The van der Waals surface area contributed by atoms with E-state index in [1.807, 2.05) is 48.5 Å². The van der Waals surface area contributed by atoms with E-state index < -0.39 is 5.97 Å². The number of benzene rings is 2. The summed E-state index contributed by atoms with van der Waals surface area (Å²) in [7, 11) is 0. The normalized spacial score (nSPS) is 10.8. The Bertz CT molecular complexity index is 826. The summed E-state index contributed by atoms with van der Waals surface area (Å²) in [5.74, 6) is 0.710. The largest absolute Gasteiger partial charge is 1.00 e. The van der Waals surface area contributed by atoms with Crippen LogP contribution in [-0.2, 0) is 4.79 Å². The van der Waals surface area contributed by atoms with E-state index in [2.05, 4.69) is 17.2 Å². The molecule has 0 atom stereocenters. The van der Waals surface area contributed by atoms with Crippen LogP contribution in [0.5, 0.6) is 11.5 Å². The zero-order chi connectivity index (χ0) is 24.3. The number of carboxylic acid groups (broad SMARTS) is 1. The first-order valence-electron chi connectivity index (χ1n) is 12.7. The van der Waals surface area contributed by atoms with E-state index in [4.69, 9.17) is 9.47 Å². The van der Waals surface area contributed by atoms with Gasteiger partial charge in [-0.1, -0.05) is 58.3 Å². The SMILES string of the molecule is CCCCCCCCOc1ccc(N=Nc2ccc(OCCCCCCCC(=O)[O-])cc2)cc1.[Na+]. The molecule has 0 fully saturated rings. The van der Waals surface area contributed by atoms with Crippen LogP contribution in [0.15, 0.2) is 58.8 Å². The van der Waals surface area contributed by atoms with Crippen molar-refractivity contribution >= 4 is 17.3 Å². The van der Waals surface area contributed by atoms with Gasteiger partial charge in [0.2, 0.25) is 0 Å². The molecule has 0 saturated heterocycles. The molecule has 0 spiro atoms. The van der Waals surface area contributed by atoms with Crippen molar-refractivity contribution in [1.82, 2.24) is 0 Å².